The molecule has 0 atom stereocenters. The van der Waals surface area contributed by atoms with Crippen LogP contribution in [-0.4, -0.2) is 18.7 Å². The highest BCUT2D eigenvalue weighted by Gasteiger charge is 2.19. The van der Waals surface area contributed by atoms with Crippen LogP contribution in [-0.2, 0) is 20.1 Å². The summed E-state index contributed by atoms with van der Waals surface area (Å²) in [6.45, 7) is 0.510. The van der Waals surface area contributed by atoms with E-state index in [0.717, 1.165) is 5.56 Å². The van der Waals surface area contributed by atoms with Crippen molar-refractivity contribution in [1.29, 1.82) is 5.26 Å². The van der Waals surface area contributed by atoms with Crippen molar-refractivity contribution in [3.8, 4) is 6.07 Å². The first kappa shape index (κ1) is 16.2. The first-order valence-electron chi connectivity index (χ1n) is 7.31. The molecule has 0 bridgehead atoms. The van der Waals surface area contributed by atoms with Crippen LogP contribution in [0.3, 0.4) is 0 Å². The summed E-state index contributed by atoms with van der Waals surface area (Å²) >= 11 is 3.30. The predicted octanol–water partition coefficient (Wildman–Crippen LogP) is 1.62. The zero-order valence-corrected chi connectivity index (χ0v) is 14.5. The molecule has 0 amide bonds. The molecule has 0 aliphatic rings. The van der Waals surface area contributed by atoms with Crippen LogP contribution in [0.1, 0.15) is 12.0 Å². The maximum atomic E-state index is 12.9. The van der Waals surface area contributed by atoms with Gasteiger partial charge in [-0.15, -0.1) is 0 Å². The second-order valence-electron chi connectivity index (χ2n) is 5.33. The van der Waals surface area contributed by atoms with Crippen LogP contribution in [0.25, 0.3) is 11.2 Å². The molecule has 122 valence electrons. The number of hydrogen-bond acceptors (Lipinski definition) is 4. The Morgan fingerprint density at radius 3 is 2.58 bits per heavy atom. The summed E-state index contributed by atoms with van der Waals surface area (Å²) < 4.78 is 4.60. The molecule has 1 aromatic carbocycles. The zero-order valence-electron chi connectivity index (χ0n) is 12.9. The number of nitriles is 1. The van der Waals surface area contributed by atoms with Gasteiger partial charge in [0.15, 0.2) is 15.9 Å². The largest absolute Gasteiger partial charge is 0.332 e. The SMILES string of the molecule is Cn1c(=O)n(Cc2ccccc2)c(=O)c2c1nc(Br)n2CCC#N. The maximum Gasteiger partial charge on any atom is 0.332 e. The molecule has 3 rings (SSSR count). The summed E-state index contributed by atoms with van der Waals surface area (Å²) in [6.07, 6.45) is 0.241. The highest BCUT2D eigenvalue weighted by molar-refractivity contribution is 9.10. The van der Waals surface area contributed by atoms with Crippen molar-refractivity contribution in [3.05, 3.63) is 61.5 Å². The minimum Gasteiger partial charge on any atom is -0.312 e. The lowest BCUT2D eigenvalue weighted by atomic mass is 10.2. The number of benzene rings is 1. The Morgan fingerprint density at radius 2 is 1.92 bits per heavy atom. The molecular weight excluding hydrogens is 374 g/mol. The van der Waals surface area contributed by atoms with Crippen LogP contribution in [0.4, 0.5) is 0 Å². The van der Waals surface area contributed by atoms with Crippen LogP contribution >= 0.6 is 15.9 Å². The number of aryl methyl sites for hydroxylation is 2. The molecule has 8 heteroatoms. The van der Waals surface area contributed by atoms with E-state index < -0.39 is 11.2 Å². The molecule has 3 aromatic rings. The summed E-state index contributed by atoms with van der Waals surface area (Å²) in [4.78, 5) is 29.7. The number of aromatic nitrogens is 4. The quantitative estimate of drug-likeness (QED) is 0.636. The Morgan fingerprint density at radius 1 is 1.21 bits per heavy atom. The highest BCUT2D eigenvalue weighted by Crippen LogP contribution is 2.16. The van der Waals surface area contributed by atoms with E-state index >= 15 is 0 Å². The zero-order chi connectivity index (χ0) is 17.3. The number of rotatable bonds is 4. The van der Waals surface area contributed by atoms with E-state index in [2.05, 4.69) is 27.0 Å². The van der Waals surface area contributed by atoms with Crippen molar-refractivity contribution < 1.29 is 0 Å². The molecule has 0 spiro atoms. The fraction of sp³-hybridized carbons (Fsp3) is 0.250. The third kappa shape index (κ3) is 2.67. The lowest BCUT2D eigenvalue weighted by Gasteiger charge is -2.09. The smallest absolute Gasteiger partial charge is 0.312 e. The fourth-order valence-corrected chi connectivity index (χ4v) is 3.14. The molecule has 0 radical (unpaired) electrons. The molecule has 0 aliphatic heterocycles. The number of nitrogens with zero attached hydrogens (tertiary/aromatic N) is 5. The fourth-order valence-electron chi connectivity index (χ4n) is 2.62. The lowest BCUT2D eigenvalue weighted by molar-refractivity contribution is 0.648. The average Bonchev–Trinajstić information content (AvgIpc) is 2.92. The minimum atomic E-state index is -0.422. The first-order valence-corrected chi connectivity index (χ1v) is 8.10. The standard InChI is InChI=1S/C16H14BrN5O2/c1-20-13-12(21(9-5-8-18)15(17)19-13)14(23)22(16(20)24)10-11-6-3-2-4-7-11/h2-4,6-7H,5,9-10H2,1H3. The topological polar surface area (TPSA) is 85.6 Å². The molecule has 24 heavy (non-hydrogen) atoms. The Bertz CT molecular complexity index is 1060. The molecule has 0 N–H and O–H groups in total. The summed E-state index contributed by atoms with van der Waals surface area (Å²) in [5.41, 5.74) is 0.648. The van der Waals surface area contributed by atoms with Crippen molar-refractivity contribution in [2.45, 2.75) is 19.5 Å². The van der Waals surface area contributed by atoms with Gasteiger partial charge in [-0.1, -0.05) is 30.3 Å². The summed E-state index contributed by atoms with van der Waals surface area (Å²) in [5, 5.41) is 8.81. The Labute approximate surface area is 145 Å². The molecule has 0 saturated carbocycles. The van der Waals surface area contributed by atoms with Gasteiger partial charge in [0.1, 0.15) is 0 Å². The Hall–Kier alpha value is -2.66. The second-order valence-corrected chi connectivity index (χ2v) is 6.04. The van der Waals surface area contributed by atoms with Gasteiger partial charge >= 0.3 is 5.69 Å². The van der Waals surface area contributed by atoms with Crippen molar-refractivity contribution >= 4 is 27.1 Å². The molecular formula is C16H14BrN5O2. The van der Waals surface area contributed by atoms with Crippen molar-refractivity contribution in [2.75, 3.05) is 0 Å². The molecule has 0 unspecified atom stereocenters. The van der Waals surface area contributed by atoms with Gasteiger partial charge in [0.2, 0.25) is 0 Å². The van der Waals surface area contributed by atoms with Crippen molar-refractivity contribution in [2.24, 2.45) is 7.05 Å². The Kier molecular flexibility index (Phi) is 4.36. The normalized spacial score (nSPS) is 10.9. The van der Waals surface area contributed by atoms with Crippen molar-refractivity contribution in [1.82, 2.24) is 18.7 Å². The molecule has 0 saturated heterocycles. The molecule has 2 aromatic heterocycles. The number of imidazole rings is 1. The van der Waals surface area contributed by atoms with Gasteiger partial charge in [-0.3, -0.25) is 13.9 Å². The van der Waals surface area contributed by atoms with Gasteiger partial charge in [0.05, 0.1) is 19.0 Å². The third-order valence-electron chi connectivity index (χ3n) is 3.82. The van der Waals surface area contributed by atoms with Crippen LogP contribution in [0, 0.1) is 11.3 Å². The van der Waals surface area contributed by atoms with Crippen LogP contribution in [0.2, 0.25) is 0 Å². The van der Waals surface area contributed by atoms with E-state index in [1.54, 1.807) is 11.6 Å². The number of fused-ring (bicyclic) bond motifs is 1. The summed E-state index contributed by atoms with van der Waals surface area (Å²) in [6, 6.07) is 11.4. The average molecular weight is 388 g/mol. The van der Waals surface area contributed by atoms with E-state index in [1.807, 2.05) is 30.3 Å². The third-order valence-corrected chi connectivity index (χ3v) is 4.42. The van der Waals surface area contributed by atoms with Crippen molar-refractivity contribution in [3.63, 3.8) is 0 Å². The van der Waals surface area contributed by atoms with E-state index in [1.165, 1.54) is 9.13 Å². The van der Waals surface area contributed by atoms with Gasteiger partial charge in [-0.2, -0.15) is 5.26 Å². The van der Waals surface area contributed by atoms with Gasteiger partial charge in [0.25, 0.3) is 5.56 Å². The lowest BCUT2D eigenvalue weighted by Crippen LogP contribution is -2.40. The maximum absolute atomic E-state index is 12.9. The molecule has 0 aliphatic carbocycles. The number of hydrogen-bond donors (Lipinski definition) is 0. The van der Waals surface area contributed by atoms with E-state index in [4.69, 9.17) is 5.26 Å². The van der Waals surface area contributed by atoms with Gasteiger partial charge in [0, 0.05) is 13.6 Å². The number of halogens is 1. The summed E-state index contributed by atoms with van der Waals surface area (Å²) in [7, 11) is 1.58. The van der Waals surface area contributed by atoms with Gasteiger partial charge in [-0.25, -0.2) is 9.78 Å². The molecule has 7 nitrogen and oxygen atoms in total. The van der Waals surface area contributed by atoms with Gasteiger partial charge in [-0.05, 0) is 21.5 Å². The van der Waals surface area contributed by atoms with Crippen LogP contribution < -0.4 is 11.2 Å². The first-order chi connectivity index (χ1) is 11.5. The van der Waals surface area contributed by atoms with Crippen LogP contribution in [0.15, 0.2) is 44.7 Å². The van der Waals surface area contributed by atoms with E-state index in [-0.39, 0.29) is 13.0 Å². The Balaban J connectivity index is 2.26. The monoisotopic (exact) mass is 387 g/mol. The molecule has 0 fully saturated rings. The highest BCUT2D eigenvalue weighted by atomic mass is 79.9. The molecule has 2 heterocycles. The minimum absolute atomic E-state index is 0.184. The van der Waals surface area contributed by atoms with Crippen LogP contribution in [0.5, 0.6) is 0 Å². The van der Waals surface area contributed by atoms with E-state index in [0.29, 0.717) is 22.4 Å². The van der Waals surface area contributed by atoms with Gasteiger partial charge < -0.3 is 4.57 Å². The predicted molar refractivity (Wildman–Crippen MR) is 92.7 cm³/mol. The summed E-state index contributed by atoms with van der Waals surface area (Å²) in [5.74, 6) is 0. The second kappa shape index (κ2) is 6.45. The van der Waals surface area contributed by atoms with E-state index in [9.17, 15) is 9.59 Å².